The third kappa shape index (κ3) is 4.50. The fourth-order valence-corrected chi connectivity index (χ4v) is 1.37. The number of nitrogens with two attached hydrogens (primary N) is 1. The minimum absolute atomic E-state index is 0.141. The Morgan fingerprint density at radius 2 is 2.18 bits per heavy atom. The Bertz CT molecular complexity index is 407. The van der Waals surface area contributed by atoms with Gasteiger partial charge in [-0.05, 0) is 18.9 Å². The van der Waals surface area contributed by atoms with Crippen LogP contribution in [0.15, 0.2) is 18.5 Å². The Kier molecular flexibility index (Phi) is 4.93. The summed E-state index contributed by atoms with van der Waals surface area (Å²) in [4.78, 5) is 25.1. The quantitative estimate of drug-likeness (QED) is 0.609. The number of rotatable bonds is 7. The average Bonchev–Trinajstić information content (AvgIpc) is 2.28. The van der Waals surface area contributed by atoms with Gasteiger partial charge in [-0.2, -0.15) is 0 Å². The summed E-state index contributed by atoms with van der Waals surface area (Å²) in [5.41, 5.74) is 5.68. The Balaban J connectivity index is 2.41. The van der Waals surface area contributed by atoms with E-state index in [0.29, 0.717) is 25.1 Å². The van der Waals surface area contributed by atoms with Gasteiger partial charge in [-0.15, -0.1) is 0 Å². The molecule has 0 saturated carbocycles. The smallest absolute Gasteiger partial charge is 0.339 e. The van der Waals surface area contributed by atoms with Crippen LogP contribution in [-0.2, 0) is 4.79 Å². The molecule has 6 nitrogen and oxygen atoms in total. The van der Waals surface area contributed by atoms with Crippen LogP contribution in [0.3, 0.4) is 0 Å². The van der Waals surface area contributed by atoms with E-state index in [1.54, 1.807) is 6.07 Å². The lowest BCUT2D eigenvalue weighted by molar-refractivity contribution is -0.118. The van der Waals surface area contributed by atoms with Crippen molar-refractivity contribution in [3.63, 3.8) is 0 Å². The molecule has 1 amide bonds. The van der Waals surface area contributed by atoms with Gasteiger partial charge in [-0.25, -0.2) is 4.79 Å². The van der Waals surface area contributed by atoms with Gasteiger partial charge in [0.05, 0.1) is 5.69 Å². The zero-order chi connectivity index (χ0) is 12.7. The molecule has 0 spiro atoms. The van der Waals surface area contributed by atoms with E-state index in [2.05, 4.69) is 10.3 Å². The molecule has 17 heavy (non-hydrogen) atoms. The number of carbonyl (C=O) groups excluding carboxylic acids is 1. The van der Waals surface area contributed by atoms with E-state index in [-0.39, 0.29) is 11.5 Å². The van der Waals surface area contributed by atoms with Crippen LogP contribution in [0.1, 0.15) is 29.6 Å². The zero-order valence-corrected chi connectivity index (χ0v) is 9.35. The van der Waals surface area contributed by atoms with Gasteiger partial charge in [0.15, 0.2) is 0 Å². The molecule has 0 unspecified atom stereocenters. The number of primary amides is 1. The highest BCUT2D eigenvalue weighted by molar-refractivity contribution is 5.93. The molecule has 1 rings (SSSR count). The number of pyridine rings is 1. The molecule has 0 aliphatic heterocycles. The molecule has 92 valence electrons. The van der Waals surface area contributed by atoms with Crippen molar-refractivity contribution in [1.29, 1.82) is 0 Å². The van der Waals surface area contributed by atoms with Crippen LogP contribution in [0.4, 0.5) is 5.69 Å². The molecular weight excluding hydrogens is 222 g/mol. The van der Waals surface area contributed by atoms with Crippen molar-refractivity contribution in [3.05, 3.63) is 24.0 Å². The van der Waals surface area contributed by atoms with E-state index in [0.717, 1.165) is 6.42 Å². The predicted molar refractivity (Wildman–Crippen MR) is 62.7 cm³/mol. The lowest BCUT2D eigenvalue weighted by Crippen LogP contribution is -2.11. The van der Waals surface area contributed by atoms with Gasteiger partial charge >= 0.3 is 5.97 Å². The maximum absolute atomic E-state index is 10.9. The number of carboxylic acid groups (broad SMARTS) is 1. The van der Waals surface area contributed by atoms with Gasteiger partial charge in [-0.1, -0.05) is 0 Å². The SMILES string of the molecule is NC(=O)CCCCNc1ccncc1C(=O)O. The third-order valence-electron chi connectivity index (χ3n) is 2.22. The van der Waals surface area contributed by atoms with E-state index < -0.39 is 5.97 Å². The summed E-state index contributed by atoms with van der Waals surface area (Å²) in [7, 11) is 0. The molecule has 0 bridgehead atoms. The summed E-state index contributed by atoms with van der Waals surface area (Å²) in [6.07, 6.45) is 4.62. The molecule has 1 aromatic rings. The molecule has 6 heteroatoms. The van der Waals surface area contributed by atoms with E-state index in [1.165, 1.54) is 12.4 Å². The van der Waals surface area contributed by atoms with Crippen molar-refractivity contribution in [1.82, 2.24) is 4.98 Å². The van der Waals surface area contributed by atoms with E-state index in [4.69, 9.17) is 10.8 Å². The summed E-state index contributed by atoms with van der Waals surface area (Å²) in [5, 5.41) is 11.9. The molecule has 0 aromatic carbocycles. The lowest BCUT2D eigenvalue weighted by atomic mass is 10.2. The first-order valence-corrected chi connectivity index (χ1v) is 5.30. The van der Waals surface area contributed by atoms with Gasteiger partial charge in [0.1, 0.15) is 5.56 Å². The van der Waals surface area contributed by atoms with E-state index in [9.17, 15) is 9.59 Å². The number of carbonyl (C=O) groups is 2. The summed E-state index contributed by atoms with van der Waals surface area (Å²) < 4.78 is 0. The Labute approximate surface area is 98.8 Å². The second-order valence-electron chi connectivity index (χ2n) is 3.58. The summed E-state index contributed by atoms with van der Waals surface area (Å²) >= 11 is 0. The van der Waals surface area contributed by atoms with Crippen LogP contribution in [-0.4, -0.2) is 28.5 Å². The number of hydrogen-bond acceptors (Lipinski definition) is 4. The first kappa shape index (κ1) is 13.0. The number of carboxylic acids is 1. The molecule has 0 radical (unpaired) electrons. The van der Waals surface area contributed by atoms with Gasteiger partial charge in [-0.3, -0.25) is 9.78 Å². The van der Waals surface area contributed by atoms with Gasteiger partial charge in [0, 0.05) is 25.4 Å². The molecule has 1 aromatic heterocycles. The maximum Gasteiger partial charge on any atom is 0.339 e. The molecular formula is C11H15N3O3. The summed E-state index contributed by atoms with van der Waals surface area (Å²) in [6.45, 7) is 0.595. The van der Waals surface area contributed by atoms with Gasteiger partial charge in [0.2, 0.25) is 5.91 Å². The Morgan fingerprint density at radius 1 is 1.41 bits per heavy atom. The highest BCUT2D eigenvalue weighted by atomic mass is 16.4. The predicted octanol–water partition coefficient (Wildman–Crippen LogP) is 0.847. The van der Waals surface area contributed by atoms with Crippen molar-refractivity contribution in [2.45, 2.75) is 19.3 Å². The molecule has 1 heterocycles. The van der Waals surface area contributed by atoms with Crippen molar-refractivity contribution in [2.24, 2.45) is 5.73 Å². The Morgan fingerprint density at radius 3 is 2.82 bits per heavy atom. The number of anilines is 1. The number of aromatic carboxylic acids is 1. The standard InChI is InChI=1S/C11H15N3O3/c12-10(15)3-1-2-5-14-9-4-6-13-7-8(9)11(16)17/h4,6-7H,1-3,5H2,(H2,12,15)(H,13,14)(H,16,17). The normalized spacial score (nSPS) is 9.88. The van der Waals surface area contributed by atoms with Crippen molar-refractivity contribution < 1.29 is 14.7 Å². The fraction of sp³-hybridized carbons (Fsp3) is 0.364. The summed E-state index contributed by atoms with van der Waals surface area (Å²) in [5.74, 6) is -1.34. The summed E-state index contributed by atoms with van der Waals surface area (Å²) in [6, 6.07) is 1.61. The highest BCUT2D eigenvalue weighted by Gasteiger charge is 2.08. The number of aromatic nitrogens is 1. The number of amides is 1. The first-order valence-electron chi connectivity index (χ1n) is 5.30. The maximum atomic E-state index is 10.9. The van der Waals surface area contributed by atoms with Crippen LogP contribution in [0.5, 0.6) is 0 Å². The second-order valence-corrected chi connectivity index (χ2v) is 3.58. The lowest BCUT2D eigenvalue weighted by Gasteiger charge is -2.08. The van der Waals surface area contributed by atoms with Gasteiger partial charge < -0.3 is 16.2 Å². The zero-order valence-electron chi connectivity index (χ0n) is 9.35. The first-order chi connectivity index (χ1) is 8.11. The molecule has 0 saturated heterocycles. The third-order valence-corrected chi connectivity index (χ3v) is 2.22. The van der Waals surface area contributed by atoms with Crippen molar-refractivity contribution in [2.75, 3.05) is 11.9 Å². The van der Waals surface area contributed by atoms with E-state index in [1.807, 2.05) is 0 Å². The minimum Gasteiger partial charge on any atom is -0.478 e. The molecule has 0 aliphatic rings. The number of hydrogen-bond donors (Lipinski definition) is 3. The minimum atomic E-state index is -1.02. The van der Waals surface area contributed by atoms with Crippen LogP contribution >= 0.6 is 0 Å². The molecule has 0 fully saturated rings. The van der Waals surface area contributed by atoms with E-state index >= 15 is 0 Å². The molecule has 0 aliphatic carbocycles. The molecule has 0 atom stereocenters. The number of unbranched alkanes of at least 4 members (excludes halogenated alkanes) is 1. The Hall–Kier alpha value is -2.11. The molecule has 4 N–H and O–H groups in total. The topological polar surface area (TPSA) is 105 Å². The largest absolute Gasteiger partial charge is 0.478 e. The number of nitrogens with one attached hydrogen (secondary N) is 1. The number of nitrogens with zero attached hydrogens (tertiary/aromatic N) is 1. The average molecular weight is 237 g/mol. The van der Waals surface area contributed by atoms with Gasteiger partial charge in [0.25, 0.3) is 0 Å². The van der Waals surface area contributed by atoms with Crippen LogP contribution in [0.25, 0.3) is 0 Å². The monoisotopic (exact) mass is 237 g/mol. The van der Waals surface area contributed by atoms with Crippen LogP contribution in [0.2, 0.25) is 0 Å². The van der Waals surface area contributed by atoms with Crippen LogP contribution < -0.4 is 11.1 Å². The highest BCUT2D eigenvalue weighted by Crippen LogP contribution is 2.13. The van der Waals surface area contributed by atoms with Crippen molar-refractivity contribution in [3.8, 4) is 0 Å². The fourth-order valence-electron chi connectivity index (χ4n) is 1.37. The van der Waals surface area contributed by atoms with Crippen molar-refractivity contribution >= 4 is 17.6 Å². The second kappa shape index (κ2) is 6.47. The van der Waals surface area contributed by atoms with Crippen LogP contribution in [0, 0.1) is 0 Å².